The third-order valence-corrected chi connectivity index (χ3v) is 6.26. The van der Waals surface area contributed by atoms with E-state index in [1.54, 1.807) is 60.4 Å². The van der Waals surface area contributed by atoms with E-state index in [0.29, 0.717) is 50.0 Å². The van der Waals surface area contributed by atoms with Crippen molar-refractivity contribution in [3.8, 4) is 11.5 Å². The Kier molecular flexibility index (Phi) is 9.65. The van der Waals surface area contributed by atoms with E-state index in [-0.39, 0.29) is 18.2 Å². The number of para-hydroxylation sites is 2. The highest BCUT2D eigenvalue weighted by molar-refractivity contribution is 7.92. The molecular weight excluding hydrogens is 488 g/mol. The van der Waals surface area contributed by atoms with Crippen molar-refractivity contribution in [3.05, 3.63) is 54.1 Å². The molecule has 12 heteroatoms. The van der Waals surface area contributed by atoms with Crippen molar-refractivity contribution >= 4 is 33.7 Å². The highest BCUT2D eigenvalue weighted by atomic mass is 32.2. The van der Waals surface area contributed by atoms with Crippen LogP contribution in [0.4, 0.5) is 5.69 Å². The van der Waals surface area contributed by atoms with Gasteiger partial charge in [0, 0.05) is 13.1 Å². The molecule has 1 N–H and O–H groups in total. The molecule has 0 aliphatic carbocycles. The highest BCUT2D eigenvalue weighted by Gasteiger charge is 2.23. The van der Waals surface area contributed by atoms with Crippen molar-refractivity contribution in [2.75, 3.05) is 56.6 Å². The first-order chi connectivity index (χ1) is 17.3. The molecule has 0 atom stereocenters. The molecule has 1 saturated heterocycles. The van der Waals surface area contributed by atoms with E-state index in [4.69, 9.17) is 14.2 Å². The maximum Gasteiger partial charge on any atom is 0.260 e. The number of carbonyl (C=O) groups excluding carboxylic acids is 2. The van der Waals surface area contributed by atoms with Gasteiger partial charge in [0.2, 0.25) is 10.0 Å². The number of nitrogens with zero attached hydrogens (tertiary/aromatic N) is 3. The van der Waals surface area contributed by atoms with Crippen LogP contribution in [0.2, 0.25) is 0 Å². The molecule has 1 fully saturated rings. The lowest BCUT2D eigenvalue weighted by Crippen LogP contribution is -2.42. The number of amides is 2. The summed E-state index contributed by atoms with van der Waals surface area (Å²) in [5.74, 6) is 0.161. The number of anilines is 1. The molecule has 11 nitrogen and oxygen atoms in total. The van der Waals surface area contributed by atoms with Gasteiger partial charge in [0.1, 0.15) is 18.0 Å². The van der Waals surface area contributed by atoms with Crippen LogP contribution < -0.4 is 19.2 Å². The molecular formula is C24H30N4O7S. The van der Waals surface area contributed by atoms with Crippen molar-refractivity contribution in [1.29, 1.82) is 0 Å². The first kappa shape index (κ1) is 27.0. The molecule has 3 rings (SSSR count). The molecule has 1 heterocycles. The van der Waals surface area contributed by atoms with Gasteiger partial charge in [-0.15, -0.1) is 0 Å². The van der Waals surface area contributed by atoms with E-state index in [0.717, 1.165) is 10.6 Å². The van der Waals surface area contributed by atoms with Crippen molar-refractivity contribution < 1.29 is 32.2 Å². The minimum atomic E-state index is -3.76. The SMILES string of the molecule is CCOc1ccccc1N(CC(=O)N/N=C\c1ccc(OCC(=O)N2CCOCC2)cc1)S(C)(=O)=O. The number of hydrogen-bond donors (Lipinski definition) is 1. The molecule has 2 aromatic carbocycles. The van der Waals surface area contributed by atoms with E-state index < -0.39 is 22.5 Å². The second-order valence-corrected chi connectivity index (χ2v) is 9.72. The Labute approximate surface area is 210 Å². The summed E-state index contributed by atoms with van der Waals surface area (Å²) in [5.41, 5.74) is 3.28. The monoisotopic (exact) mass is 518 g/mol. The first-order valence-electron chi connectivity index (χ1n) is 11.4. The zero-order chi connectivity index (χ0) is 26.0. The average molecular weight is 519 g/mol. The number of benzene rings is 2. The van der Waals surface area contributed by atoms with Crippen molar-refractivity contribution in [2.45, 2.75) is 6.92 Å². The van der Waals surface area contributed by atoms with Gasteiger partial charge >= 0.3 is 0 Å². The predicted octanol–water partition coefficient (Wildman–Crippen LogP) is 1.24. The van der Waals surface area contributed by atoms with Crippen molar-refractivity contribution in [1.82, 2.24) is 10.3 Å². The first-order valence-corrected chi connectivity index (χ1v) is 13.2. The van der Waals surface area contributed by atoms with Gasteiger partial charge in [0.25, 0.3) is 11.8 Å². The quantitative estimate of drug-likeness (QED) is 0.350. The fourth-order valence-electron chi connectivity index (χ4n) is 3.37. The molecule has 0 saturated carbocycles. The molecule has 0 radical (unpaired) electrons. The molecule has 0 spiro atoms. The Morgan fingerprint density at radius 1 is 1.11 bits per heavy atom. The summed E-state index contributed by atoms with van der Waals surface area (Å²) in [6.07, 6.45) is 2.43. The zero-order valence-corrected chi connectivity index (χ0v) is 21.1. The molecule has 0 aromatic heterocycles. The summed E-state index contributed by atoms with van der Waals surface area (Å²) < 4.78 is 41.9. The average Bonchev–Trinajstić information content (AvgIpc) is 2.87. The topological polar surface area (TPSA) is 127 Å². The number of ether oxygens (including phenoxy) is 3. The molecule has 36 heavy (non-hydrogen) atoms. The Morgan fingerprint density at radius 3 is 2.47 bits per heavy atom. The van der Waals surface area contributed by atoms with Gasteiger partial charge in [-0.2, -0.15) is 5.10 Å². The molecule has 0 bridgehead atoms. The van der Waals surface area contributed by atoms with Crippen LogP contribution in [0, 0.1) is 0 Å². The van der Waals surface area contributed by atoms with Crippen LogP contribution >= 0.6 is 0 Å². The van der Waals surface area contributed by atoms with E-state index in [1.165, 1.54) is 6.21 Å². The third-order valence-electron chi connectivity index (χ3n) is 5.13. The fraction of sp³-hybridized carbons (Fsp3) is 0.375. The predicted molar refractivity (Wildman–Crippen MR) is 135 cm³/mol. The zero-order valence-electron chi connectivity index (χ0n) is 20.3. The van der Waals surface area contributed by atoms with Gasteiger partial charge in [-0.3, -0.25) is 13.9 Å². The molecule has 1 aliphatic rings. The van der Waals surface area contributed by atoms with Crippen LogP contribution in [0.25, 0.3) is 0 Å². The summed E-state index contributed by atoms with van der Waals surface area (Å²) in [6.45, 7) is 3.78. The van der Waals surface area contributed by atoms with E-state index in [9.17, 15) is 18.0 Å². The maximum absolute atomic E-state index is 12.4. The third kappa shape index (κ3) is 7.95. The highest BCUT2D eigenvalue weighted by Crippen LogP contribution is 2.29. The van der Waals surface area contributed by atoms with Gasteiger partial charge in [0.05, 0.1) is 38.0 Å². The van der Waals surface area contributed by atoms with Gasteiger partial charge in [-0.05, 0) is 48.9 Å². The number of hydrogen-bond acceptors (Lipinski definition) is 8. The number of rotatable bonds is 11. The number of carbonyl (C=O) groups is 2. The lowest BCUT2D eigenvalue weighted by atomic mass is 10.2. The van der Waals surface area contributed by atoms with Crippen molar-refractivity contribution in [3.63, 3.8) is 0 Å². The van der Waals surface area contributed by atoms with Gasteiger partial charge < -0.3 is 19.1 Å². The fourth-order valence-corrected chi connectivity index (χ4v) is 4.23. The van der Waals surface area contributed by atoms with Gasteiger partial charge in [0.15, 0.2) is 6.61 Å². The summed E-state index contributed by atoms with van der Waals surface area (Å²) in [7, 11) is -3.76. The largest absolute Gasteiger partial charge is 0.492 e. The second kappa shape index (κ2) is 12.9. The lowest BCUT2D eigenvalue weighted by molar-refractivity contribution is -0.137. The molecule has 2 aromatic rings. The van der Waals surface area contributed by atoms with E-state index in [1.807, 2.05) is 0 Å². The Balaban J connectivity index is 1.53. The number of hydrazone groups is 1. The molecule has 1 aliphatic heterocycles. The number of sulfonamides is 1. The molecule has 194 valence electrons. The Hall–Kier alpha value is -3.64. The van der Waals surface area contributed by atoms with Crippen LogP contribution in [0.15, 0.2) is 53.6 Å². The maximum atomic E-state index is 12.4. The normalized spacial score (nSPS) is 13.9. The summed E-state index contributed by atoms with van der Waals surface area (Å²) in [6, 6.07) is 13.4. The molecule has 2 amide bonds. The van der Waals surface area contributed by atoms with Crippen LogP contribution in [-0.4, -0.2) is 83.7 Å². The number of morpholine rings is 1. The smallest absolute Gasteiger partial charge is 0.260 e. The number of nitrogens with one attached hydrogen (secondary N) is 1. The van der Waals surface area contributed by atoms with Gasteiger partial charge in [-0.1, -0.05) is 12.1 Å². The van der Waals surface area contributed by atoms with E-state index >= 15 is 0 Å². The Morgan fingerprint density at radius 2 is 1.81 bits per heavy atom. The minimum Gasteiger partial charge on any atom is -0.492 e. The minimum absolute atomic E-state index is 0.0627. The van der Waals surface area contributed by atoms with Crippen LogP contribution in [0.1, 0.15) is 12.5 Å². The standard InChI is InChI=1S/C24H30N4O7S/c1-3-34-22-7-5-4-6-21(22)28(36(2,31)32)17-23(29)26-25-16-19-8-10-20(11-9-19)35-18-24(30)27-12-14-33-15-13-27/h4-11,16H,3,12-15,17-18H2,1-2H3,(H,26,29)/b25-16-. The lowest BCUT2D eigenvalue weighted by Gasteiger charge is -2.26. The molecule has 0 unspecified atom stereocenters. The van der Waals surface area contributed by atoms with Gasteiger partial charge in [-0.25, -0.2) is 13.8 Å². The Bertz CT molecular complexity index is 1160. The van der Waals surface area contributed by atoms with E-state index in [2.05, 4.69) is 10.5 Å². The summed E-state index contributed by atoms with van der Waals surface area (Å²) >= 11 is 0. The second-order valence-electron chi connectivity index (χ2n) is 7.81. The van der Waals surface area contributed by atoms with Crippen LogP contribution in [0.3, 0.4) is 0 Å². The van der Waals surface area contributed by atoms with Crippen molar-refractivity contribution in [2.24, 2.45) is 5.10 Å². The summed E-state index contributed by atoms with van der Waals surface area (Å²) in [5, 5.41) is 3.90. The van der Waals surface area contributed by atoms with Crippen LogP contribution in [-0.2, 0) is 24.3 Å². The van der Waals surface area contributed by atoms with Crippen LogP contribution in [0.5, 0.6) is 11.5 Å². The summed E-state index contributed by atoms with van der Waals surface area (Å²) in [4.78, 5) is 26.3.